The van der Waals surface area contributed by atoms with E-state index in [-0.39, 0.29) is 16.9 Å². The largest absolute Gasteiger partial charge is 0.355 e. The molecule has 9 heteroatoms. The van der Waals surface area contributed by atoms with Crippen molar-refractivity contribution in [2.45, 2.75) is 90.1 Å². The third-order valence-electron chi connectivity index (χ3n) is 5.23. The fourth-order valence-corrected chi connectivity index (χ4v) is 7.66. The van der Waals surface area contributed by atoms with Gasteiger partial charge in [0.2, 0.25) is 0 Å². The molecule has 0 aliphatic carbocycles. The molecular formula is C21H48N2O5Si2. The summed E-state index contributed by atoms with van der Waals surface area (Å²) in [5.41, 5.74) is 4.85. The molecular weight excluding hydrogens is 416 g/mol. The number of rotatable bonds is 20. The summed E-state index contributed by atoms with van der Waals surface area (Å²) in [5, 5.41) is 0. The molecule has 2 amide bonds. The van der Waals surface area contributed by atoms with Crippen LogP contribution in [0, 0.1) is 0 Å². The maximum atomic E-state index is 11.8. The monoisotopic (exact) mass is 464 g/mol. The molecule has 0 aliphatic heterocycles. The SMILES string of the molecule is CCOC(C)(OCC)[SiH2]CCCCN(CCCC[SiH2]C(C)(OCC)OCC)C(N)=O. The minimum Gasteiger partial charge on any atom is -0.355 e. The third kappa shape index (κ3) is 13.8. The summed E-state index contributed by atoms with van der Waals surface area (Å²) in [5.74, 6) is 0. The Bertz CT molecular complexity index is 400. The minimum absolute atomic E-state index is 0.313. The number of carbonyl (C=O) groups excluding carboxylic acids is 1. The number of ether oxygens (including phenoxy) is 4. The quantitative estimate of drug-likeness (QED) is 0.170. The Morgan fingerprint density at radius 2 is 1.07 bits per heavy atom. The van der Waals surface area contributed by atoms with Gasteiger partial charge in [0.25, 0.3) is 0 Å². The van der Waals surface area contributed by atoms with Crippen LogP contribution in [-0.4, -0.2) is 80.3 Å². The number of amides is 2. The van der Waals surface area contributed by atoms with Gasteiger partial charge in [0.15, 0.2) is 0 Å². The molecule has 2 N–H and O–H groups in total. The zero-order chi connectivity index (χ0) is 22.9. The number of urea groups is 1. The van der Waals surface area contributed by atoms with E-state index < -0.39 is 19.0 Å². The Morgan fingerprint density at radius 1 is 0.733 bits per heavy atom. The van der Waals surface area contributed by atoms with Gasteiger partial charge in [-0.2, -0.15) is 0 Å². The molecule has 30 heavy (non-hydrogen) atoms. The van der Waals surface area contributed by atoms with Gasteiger partial charge >= 0.3 is 6.03 Å². The Balaban J connectivity index is 4.12. The third-order valence-corrected chi connectivity index (χ3v) is 9.57. The summed E-state index contributed by atoms with van der Waals surface area (Å²) in [6.45, 7) is 16.3. The molecule has 180 valence electrons. The van der Waals surface area contributed by atoms with Gasteiger partial charge in [-0.1, -0.05) is 24.9 Å². The normalized spacial score (nSPS) is 13.1. The van der Waals surface area contributed by atoms with Crippen molar-refractivity contribution in [2.75, 3.05) is 39.5 Å². The highest BCUT2D eigenvalue weighted by Gasteiger charge is 2.25. The summed E-state index contributed by atoms with van der Waals surface area (Å²) >= 11 is 0. The molecule has 0 fully saturated rings. The van der Waals surface area contributed by atoms with Gasteiger partial charge in [-0.25, -0.2) is 4.79 Å². The first-order valence-corrected chi connectivity index (χ1v) is 15.3. The Hall–Kier alpha value is -0.456. The van der Waals surface area contributed by atoms with E-state index in [2.05, 4.69) is 13.8 Å². The van der Waals surface area contributed by atoms with Crippen LogP contribution in [0.4, 0.5) is 4.79 Å². The van der Waals surface area contributed by atoms with Gasteiger partial charge in [-0.3, -0.25) is 0 Å². The molecule has 0 aromatic rings. The minimum atomic E-state index is -0.501. The van der Waals surface area contributed by atoms with Crippen molar-refractivity contribution in [1.29, 1.82) is 0 Å². The number of carbonyl (C=O) groups is 1. The smallest absolute Gasteiger partial charge is 0.314 e. The van der Waals surface area contributed by atoms with E-state index in [1.165, 1.54) is 0 Å². The average molecular weight is 465 g/mol. The molecule has 7 nitrogen and oxygen atoms in total. The molecule has 0 spiro atoms. The highest BCUT2D eigenvalue weighted by molar-refractivity contribution is 6.39. The van der Waals surface area contributed by atoms with Crippen molar-refractivity contribution in [2.24, 2.45) is 5.73 Å². The van der Waals surface area contributed by atoms with Crippen LogP contribution in [0.15, 0.2) is 0 Å². The van der Waals surface area contributed by atoms with Crippen LogP contribution >= 0.6 is 0 Å². The van der Waals surface area contributed by atoms with E-state index in [0.29, 0.717) is 26.4 Å². The molecule has 0 unspecified atom stereocenters. The number of primary amides is 1. The number of unbranched alkanes of at least 4 members (excludes halogenated alkanes) is 2. The Kier molecular flexibility index (Phi) is 16.9. The van der Waals surface area contributed by atoms with Gasteiger partial charge in [-0.05, 0) is 54.4 Å². The van der Waals surface area contributed by atoms with Gasteiger partial charge in [0, 0.05) is 39.5 Å². The van der Waals surface area contributed by atoms with Crippen LogP contribution in [0.25, 0.3) is 0 Å². The summed E-state index contributed by atoms with van der Waals surface area (Å²) in [7, 11) is -1.00. The van der Waals surface area contributed by atoms with Crippen molar-refractivity contribution >= 4 is 25.1 Å². The molecule has 0 aromatic carbocycles. The number of nitrogens with two attached hydrogens (primary N) is 1. The summed E-state index contributed by atoms with van der Waals surface area (Å²) in [4.78, 5) is 13.6. The lowest BCUT2D eigenvalue weighted by Gasteiger charge is -2.29. The lowest BCUT2D eigenvalue weighted by Crippen LogP contribution is -2.40. The molecule has 0 rings (SSSR count). The van der Waals surface area contributed by atoms with Crippen LogP contribution in [0.5, 0.6) is 0 Å². The fraction of sp³-hybridized carbons (Fsp3) is 0.952. The first-order valence-electron chi connectivity index (χ1n) is 11.9. The molecule has 0 radical (unpaired) electrons. The Labute approximate surface area is 189 Å². The van der Waals surface area contributed by atoms with Crippen LogP contribution < -0.4 is 5.73 Å². The van der Waals surface area contributed by atoms with Crippen LogP contribution in [0.1, 0.15) is 67.2 Å². The first-order chi connectivity index (χ1) is 14.3. The Morgan fingerprint density at radius 3 is 1.33 bits per heavy atom. The number of hydrogen-bond acceptors (Lipinski definition) is 5. The second-order valence-corrected chi connectivity index (χ2v) is 12.9. The highest BCUT2D eigenvalue weighted by Crippen LogP contribution is 2.16. The van der Waals surface area contributed by atoms with Crippen LogP contribution in [-0.2, 0) is 18.9 Å². The van der Waals surface area contributed by atoms with Gasteiger partial charge in [-0.15, -0.1) is 0 Å². The predicted octanol–water partition coefficient (Wildman–Crippen LogP) is 2.60. The maximum Gasteiger partial charge on any atom is 0.314 e. The molecule has 0 aromatic heterocycles. The molecule has 0 bridgehead atoms. The van der Waals surface area contributed by atoms with E-state index in [1.807, 2.05) is 27.7 Å². The molecule has 0 atom stereocenters. The van der Waals surface area contributed by atoms with Crippen molar-refractivity contribution < 1.29 is 23.7 Å². The van der Waals surface area contributed by atoms with Crippen molar-refractivity contribution in [3.8, 4) is 0 Å². The number of hydrogen-bond donors (Lipinski definition) is 1. The van der Waals surface area contributed by atoms with Gasteiger partial charge < -0.3 is 29.6 Å². The van der Waals surface area contributed by atoms with Gasteiger partial charge in [0.05, 0.1) is 19.0 Å². The first kappa shape index (κ1) is 29.5. The van der Waals surface area contributed by atoms with Crippen LogP contribution in [0.2, 0.25) is 12.1 Å². The van der Waals surface area contributed by atoms with Crippen molar-refractivity contribution in [3.05, 3.63) is 0 Å². The summed E-state index contributed by atoms with van der Waals surface area (Å²) < 4.78 is 23.2. The lowest BCUT2D eigenvalue weighted by atomic mass is 10.3. The zero-order valence-electron chi connectivity index (χ0n) is 20.5. The second kappa shape index (κ2) is 17.1. The maximum absolute atomic E-state index is 11.8. The van der Waals surface area contributed by atoms with E-state index in [1.54, 1.807) is 4.90 Å². The molecule has 0 saturated carbocycles. The topological polar surface area (TPSA) is 83.2 Å². The van der Waals surface area contributed by atoms with E-state index >= 15 is 0 Å². The van der Waals surface area contributed by atoms with E-state index in [4.69, 9.17) is 24.7 Å². The lowest BCUT2D eigenvalue weighted by molar-refractivity contribution is -0.163. The zero-order valence-corrected chi connectivity index (χ0v) is 23.3. The average Bonchev–Trinajstić information content (AvgIpc) is 2.66. The molecule has 0 saturated heterocycles. The molecule has 0 aliphatic rings. The summed E-state index contributed by atoms with van der Waals surface area (Å²) in [6, 6.07) is 1.97. The second-order valence-electron chi connectivity index (χ2n) is 7.95. The predicted molar refractivity (Wildman–Crippen MR) is 130 cm³/mol. The van der Waals surface area contributed by atoms with E-state index in [9.17, 15) is 4.79 Å². The van der Waals surface area contributed by atoms with Crippen LogP contribution in [0.3, 0.4) is 0 Å². The van der Waals surface area contributed by atoms with Crippen molar-refractivity contribution in [1.82, 2.24) is 4.90 Å². The van der Waals surface area contributed by atoms with E-state index in [0.717, 1.165) is 50.9 Å². The fourth-order valence-electron chi connectivity index (χ4n) is 3.78. The van der Waals surface area contributed by atoms with Gasteiger partial charge in [0.1, 0.15) is 10.8 Å². The summed E-state index contributed by atoms with van der Waals surface area (Å²) in [6.07, 6.45) is 4.12. The highest BCUT2D eigenvalue weighted by atomic mass is 28.2. The number of nitrogens with zero attached hydrogens (tertiary/aromatic N) is 1. The standard InChI is InChI=1S/C21H48N2O5Si2/c1-7-25-20(5,26-8-2)29-17-13-11-15-23(19(22)24)16-12-14-18-30-21(6,27-9-3)28-10-4/h7-18,29-30H2,1-6H3,(H2,22,24). The molecule has 0 heterocycles. The van der Waals surface area contributed by atoms with Crippen molar-refractivity contribution in [3.63, 3.8) is 0 Å².